The summed E-state index contributed by atoms with van der Waals surface area (Å²) in [6.45, 7) is 0.220. The van der Waals surface area contributed by atoms with Gasteiger partial charge in [0.05, 0.1) is 5.56 Å². The molecule has 0 radical (unpaired) electrons. The first kappa shape index (κ1) is 21.7. The molecule has 0 aliphatic heterocycles. The van der Waals surface area contributed by atoms with Crippen molar-refractivity contribution in [3.63, 3.8) is 0 Å². The van der Waals surface area contributed by atoms with E-state index in [1.165, 1.54) is 24.3 Å². The van der Waals surface area contributed by atoms with E-state index >= 15 is 0 Å². The van der Waals surface area contributed by atoms with Crippen molar-refractivity contribution < 1.29 is 26.9 Å². The Labute approximate surface area is 188 Å². The third-order valence-electron chi connectivity index (χ3n) is 4.66. The van der Waals surface area contributed by atoms with Crippen molar-refractivity contribution in [3.05, 3.63) is 81.8 Å². The van der Waals surface area contributed by atoms with Gasteiger partial charge in [0.1, 0.15) is 11.3 Å². The van der Waals surface area contributed by atoms with E-state index in [2.05, 4.69) is 26.4 Å². The zero-order valence-corrected chi connectivity index (χ0v) is 17.8. The maximum absolute atomic E-state index is 13.0. The number of halogens is 4. The molecule has 0 bridgehead atoms. The highest BCUT2D eigenvalue weighted by Crippen LogP contribution is 2.35. The number of nitrogens with one attached hydrogen (secondary N) is 1. The van der Waals surface area contributed by atoms with Gasteiger partial charge in [-0.15, -0.1) is 0 Å². The maximum Gasteiger partial charge on any atom is 0.416 e. The summed E-state index contributed by atoms with van der Waals surface area (Å²) in [6, 6.07) is 15.1. The fourth-order valence-electron chi connectivity index (χ4n) is 3.07. The third kappa shape index (κ3) is 4.40. The molecule has 10 heteroatoms. The first-order valence-corrected chi connectivity index (χ1v) is 10.1. The van der Waals surface area contributed by atoms with Gasteiger partial charge in [-0.1, -0.05) is 51.4 Å². The second kappa shape index (κ2) is 8.54. The van der Waals surface area contributed by atoms with E-state index in [0.29, 0.717) is 0 Å². The number of carbonyl (C=O) groups is 1. The molecule has 0 saturated heterocycles. The highest BCUT2D eigenvalue weighted by atomic mass is 79.9. The second-order valence-electron chi connectivity index (χ2n) is 6.79. The van der Waals surface area contributed by atoms with Crippen LogP contribution in [0.15, 0.2) is 74.1 Å². The van der Waals surface area contributed by atoms with E-state index in [9.17, 15) is 18.0 Å². The lowest BCUT2D eigenvalue weighted by atomic mass is 10.1. The molecule has 2 aromatic carbocycles. The van der Waals surface area contributed by atoms with Crippen molar-refractivity contribution in [3.8, 4) is 22.8 Å². The van der Waals surface area contributed by atoms with Crippen molar-refractivity contribution in [1.29, 1.82) is 0 Å². The Bertz CT molecular complexity index is 1280. The molecule has 2 aromatic heterocycles. The number of aromatic nitrogens is 1. The van der Waals surface area contributed by atoms with Crippen LogP contribution in [0.1, 0.15) is 21.5 Å². The highest BCUT2D eigenvalue weighted by molar-refractivity contribution is 9.10. The highest BCUT2D eigenvalue weighted by Gasteiger charge is 2.31. The van der Waals surface area contributed by atoms with Gasteiger partial charge in [-0.25, -0.2) is 0 Å². The molecule has 1 amide bonds. The summed E-state index contributed by atoms with van der Waals surface area (Å²) in [7, 11) is 0. The lowest BCUT2D eigenvalue weighted by Crippen LogP contribution is -2.24. The number of nitrogen functional groups attached to an aromatic ring is 1. The summed E-state index contributed by atoms with van der Waals surface area (Å²) in [5.41, 5.74) is 6.09. The number of nitrogens with zero attached hydrogens (tertiary/aromatic N) is 1. The molecule has 164 valence electrons. The molecular weight excluding hydrogens is 491 g/mol. The minimum atomic E-state index is -4.48. The first-order chi connectivity index (χ1) is 15.2. The molecule has 3 N–H and O–H groups in total. The number of rotatable bonds is 5. The average molecular weight is 506 g/mol. The van der Waals surface area contributed by atoms with Gasteiger partial charge in [0.15, 0.2) is 11.5 Å². The lowest BCUT2D eigenvalue weighted by Gasteiger charge is -2.07. The zero-order valence-electron chi connectivity index (χ0n) is 16.2. The van der Waals surface area contributed by atoms with E-state index < -0.39 is 17.6 Å². The van der Waals surface area contributed by atoms with E-state index in [-0.39, 0.29) is 40.8 Å². The predicted octanol–water partition coefficient (Wildman–Crippen LogP) is 5.90. The fourth-order valence-corrected chi connectivity index (χ4v) is 3.49. The molecule has 0 aliphatic carbocycles. The van der Waals surface area contributed by atoms with Crippen LogP contribution in [0.25, 0.3) is 22.8 Å². The number of anilines is 1. The molecule has 0 aliphatic rings. The van der Waals surface area contributed by atoms with Crippen molar-refractivity contribution in [2.45, 2.75) is 12.7 Å². The normalized spacial score (nSPS) is 11.5. The van der Waals surface area contributed by atoms with Crippen LogP contribution in [0.4, 0.5) is 19.1 Å². The molecule has 32 heavy (non-hydrogen) atoms. The van der Waals surface area contributed by atoms with E-state index in [1.54, 1.807) is 0 Å². The molecule has 0 unspecified atom stereocenters. The summed E-state index contributed by atoms with van der Waals surface area (Å²) in [5.74, 6) is -0.440. The number of nitrogens with two attached hydrogens (primary N) is 1. The van der Waals surface area contributed by atoms with Crippen LogP contribution < -0.4 is 11.1 Å². The topological polar surface area (TPSA) is 94.3 Å². The number of amides is 1. The third-order valence-corrected chi connectivity index (χ3v) is 5.43. The number of benzene rings is 2. The average Bonchev–Trinajstić information content (AvgIpc) is 3.39. The van der Waals surface area contributed by atoms with Gasteiger partial charge in [-0.3, -0.25) is 4.79 Å². The van der Waals surface area contributed by atoms with Gasteiger partial charge in [-0.2, -0.15) is 13.2 Å². The van der Waals surface area contributed by atoms with Gasteiger partial charge < -0.3 is 20.0 Å². The van der Waals surface area contributed by atoms with E-state index in [0.717, 1.165) is 22.2 Å². The van der Waals surface area contributed by atoms with Crippen LogP contribution in [-0.2, 0) is 12.7 Å². The standard InChI is InChI=1S/C22H15BrF3N3O3/c23-15-7-2-1-4-13(15)11-28-21(30)18-19(29-32-20(18)27)17-9-8-16(31-17)12-5-3-6-14(10-12)22(24,25)26/h1-10H,11,27H2,(H,28,30). The zero-order chi connectivity index (χ0) is 22.9. The molecule has 0 saturated carbocycles. The minimum Gasteiger partial charge on any atom is -0.454 e. The van der Waals surface area contributed by atoms with Gasteiger partial charge in [-0.05, 0) is 35.9 Å². The fraction of sp³-hybridized carbons (Fsp3) is 0.0909. The van der Waals surface area contributed by atoms with Crippen molar-refractivity contribution >= 4 is 27.7 Å². The molecule has 0 spiro atoms. The quantitative estimate of drug-likeness (QED) is 0.352. The van der Waals surface area contributed by atoms with E-state index in [4.69, 9.17) is 14.7 Å². The van der Waals surface area contributed by atoms with Gasteiger partial charge >= 0.3 is 6.18 Å². The summed E-state index contributed by atoms with van der Waals surface area (Å²) in [4.78, 5) is 12.8. The summed E-state index contributed by atoms with van der Waals surface area (Å²) >= 11 is 3.41. The summed E-state index contributed by atoms with van der Waals surface area (Å²) in [5, 5.41) is 6.54. The predicted molar refractivity (Wildman–Crippen MR) is 114 cm³/mol. The molecule has 4 rings (SSSR count). The Balaban J connectivity index is 1.59. The lowest BCUT2D eigenvalue weighted by molar-refractivity contribution is -0.137. The van der Waals surface area contributed by atoms with Crippen LogP contribution >= 0.6 is 15.9 Å². The summed E-state index contributed by atoms with van der Waals surface area (Å²) in [6.07, 6.45) is -4.48. The largest absolute Gasteiger partial charge is 0.454 e. The number of carbonyl (C=O) groups excluding carboxylic acids is 1. The van der Waals surface area contributed by atoms with Crippen LogP contribution in [0, 0.1) is 0 Å². The molecule has 0 fully saturated rings. The van der Waals surface area contributed by atoms with Crippen molar-refractivity contribution in [2.24, 2.45) is 0 Å². The second-order valence-corrected chi connectivity index (χ2v) is 7.64. The number of furan rings is 1. The number of hydrogen-bond donors (Lipinski definition) is 2. The van der Waals surface area contributed by atoms with Crippen molar-refractivity contribution in [2.75, 3.05) is 5.73 Å². The first-order valence-electron chi connectivity index (χ1n) is 9.28. The molecule has 4 aromatic rings. The molecular formula is C22H15BrF3N3O3. The van der Waals surface area contributed by atoms with Crippen LogP contribution in [0.5, 0.6) is 0 Å². The Morgan fingerprint density at radius 3 is 2.56 bits per heavy atom. The monoisotopic (exact) mass is 505 g/mol. The Kier molecular flexibility index (Phi) is 5.79. The molecule has 0 atom stereocenters. The van der Waals surface area contributed by atoms with Crippen molar-refractivity contribution in [1.82, 2.24) is 10.5 Å². The van der Waals surface area contributed by atoms with Gasteiger partial charge in [0.2, 0.25) is 5.88 Å². The van der Waals surface area contributed by atoms with Gasteiger partial charge in [0, 0.05) is 16.6 Å². The minimum absolute atomic E-state index is 0.0259. The SMILES string of the molecule is Nc1onc(-c2ccc(-c3cccc(C(F)(F)F)c3)o2)c1C(=O)NCc1ccccc1Br. The number of alkyl halides is 3. The van der Waals surface area contributed by atoms with Crippen LogP contribution in [-0.4, -0.2) is 11.1 Å². The summed E-state index contributed by atoms with van der Waals surface area (Å²) < 4.78 is 50.5. The van der Waals surface area contributed by atoms with Crippen LogP contribution in [0.3, 0.4) is 0 Å². The Hall–Kier alpha value is -3.53. The molecule has 2 heterocycles. The maximum atomic E-state index is 13.0. The Morgan fingerprint density at radius 1 is 1.06 bits per heavy atom. The number of hydrogen-bond acceptors (Lipinski definition) is 5. The smallest absolute Gasteiger partial charge is 0.416 e. The van der Waals surface area contributed by atoms with Gasteiger partial charge in [0.25, 0.3) is 5.91 Å². The van der Waals surface area contributed by atoms with Crippen LogP contribution in [0.2, 0.25) is 0 Å². The molecule has 6 nitrogen and oxygen atoms in total. The Morgan fingerprint density at radius 2 is 1.81 bits per heavy atom. The van der Waals surface area contributed by atoms with E-state index in [1.807, 2.05) is 24.3 Å².